The first-order chi connectivity index (χ1) is 12.7. The van der Waals surface area contributed by atoms with Crippen LogP contribution in [0.3, 0.4) is 0 Å². The second-order valence-corrected chi connectivity index (χ2v) is 6.57. The maximum absolute atomic E-state index is 5.54. The number of anilines is 2. The Hall–Kier alpha value is -2.92. The molecule has 0 unspecified atom stereocenters. The highest BCUT2D eigenvalue weighted by Gasteiger charge is 2.14. The average molecular weight is 361 g/mol. The Morgan fingerprint density at radius 2 is 1.81 bits per heavy atom. The number of methoxy groups -OCH3 is 1. The molecule has 0 bridgehead atoms. The molecule has 2 aromatic carbocycles. The highest BCUT2D eigenvalue weighted by molar-refractivity contribution is 7.80. The molecule has 130 valence electrons. The summed E-state index contributed by atoms with van der Waals surface area (Å²) in [6, 6.07) is 20.1. The minimum atomic E-state index is 0.825. The Kier molecular flexibility index (Phi) is 4.31. The third-order valence-corrected chi connectivity index (χ3v) is 4.78. The van der Waals surface area contributed by atoms with Crippen LogP contribution in [0.5, 0.6) is 5.75 Å². The van der Waals surface area contributed by atoms with Crippen molar-refractivity contribution in [3.63, 3.8) is 0 Å². The first-order valence-corrected chi connectivity index (χ1v) is 8.76. The fraction of sp³-hybridized carbons (Fsp3) is 0.0952. The maximum Gasteiger partial charge on any atom is 0.139 e. The lowest BCUT2D eigenvalue weighted by atomic mass is 10.1. The molecule has 0 spiro atoms. The Morgan fingerprint density at radius 1 is 1.04 bits per heavy atom. The molecule has 0 aliphatic heterocycles. The van der Waals surface area contributed by atoms with E-state index >= 15 is 0 Å². The minimum absolute atomic E-state index is 0.825. The van der Waals surface area contributed by atoms with Gasteiger partial charge in [-0.3, -0.25) is 0 Å². The Balaban J connectivity index is 1.83. The van der Waals surface area contributed by atoms with Gasteiger partial charge in [0.1, 0.15) is 11.6 Å². The topological polar surface area (TPSA) is 39.1 Å². The molecular formula is C21H19N3OS. The summed E-state index contributed by atoms with van der Waals surface area (Å²) in [6.45, 7) is 0. The van der Waals surface area contributed by atoms with Gasteiger partial charge < -0.3 is 14.6 Å². The summed E-state index contributed by atoms with van der Waals surface area (Å²) in [5.41, 5.74) is 4.22. The van der Waals surface area contributed by atoms with E-state index in [0.29, 0.717) is 0 Å². The molecule has 0 atom stereocenters. The molecule has 0 aliphatic rings. The van der Waals surface area contributed by atoms with Crippen molar-refractivity contribution < 1.29 is 4.74 Å². The molecule has 0 amide bonds. The number of nitrogens with zero attached hydrogens (tertiary/aromatic N) is 2. The molecule has 2 aromatic heterocycles. The maximum atomic E-state index is 5.54. The van der Waals surface area contributed by atoms with Crippen LogP contribution < -0.4 is 10.1 Å². The van der Waals surface area contributed by atoms with Crippen LogP contribution in [0.2, 0.25) is 0 Å². The van der Waals surface area contributed by atoms with Gasteiger partial charge in [0.15, 0.2) is 0 Å². The molecule has 1 N–H and O–H groups in total. The van der Waals surface area contributed by atoms with E-state index in [2.05, 4.69) is 46.7 Å². The Labute approximate surface area is 157 Å². The number of nitrogens with one attached hydrogen (secondary N) is 1. The third kappa shape index (κ3) is 2.91. The van der Waals surface area contributed by atoms with Gasteiger partial charge in [-0.25, -0.2) is 4.98 Å². The number of fused-ring (bicyclic) bond motifs is 1. The van der Waals surface area contributed by atoms with Crippen molar-refractivity contribution in [1.29, 1.82) is 0 Å². The van der Waals surface area contributed by atoms with E-state index in [1.807, 2.05) is 54.7 Å². The summed E-state index contributed by atoms with van der Waals surface area (Å²) in [5, 5.41) is 4.47. The number of ether oxygens (including phenoxy) is 1. The van der Waals surface area contributed by atoms with E-state index in [1.54, 1.807) is 7.11 Å². The second kappa shape index (κ2) is 6.77. The number of benzene rings is 2. The van der Waals surface area contributed by atoms with Gasteiger partial charge >= 0.3 is 0 Å². The van der Waals surface area contributed by atoms with E-state index in [4.69, 9.17) is 4.74 Å². The number of hydrogen-bond donors (Lipinski definition) is 2. The number of thiol groups is 1. The fourth-order valence-corrected chi connectivity index (χ4v) is 3.31. The summed E-state index contributed by atoms with van der Waals surface area (Å²) >= 11 is 4.33. The van der Waals surface area contributed by atoms with Crippen LogP contribution in [-0.4, -0.2) is 16.7 Å². The molecule has 0 radical (unpaired) electrons. The fourth-order valence-electron chi connectivity index (χ4n) is 3.16. The van der Waals surface area contributed by atoms with Crippen LogP contribution in [0.1, 0.15) is 0 Å². The lowest BCUT2D eigenvalue weighted by molar-refractivity contribution is 0.416. The number of para-hydroxylation sites is 1. The predicted octanol–water partition coefficient (Wildman–Crippen LogP) is 5.28. The van der Waals surface area contributed by atoms with Gasteiger partial charge in [0.2, 0.25) is 0 Å². The molecular weight excluding hydrogens is 342 g/mol. The zero-order valence-corrected chi connectivity index (χ0v) is 15.5. The van der Waals surface area contributed by atoms with Gasteiger partial charge in [0, 0.05) is 34.8 Å². The molecule has 2 heterocycles. The first kappa shape index (κ1) is 16.5. The number of aromatic nitrogens is 2. The molecule has 5 heteroatoms. The molecule has 0 fully saturated rings. The normalized spacial score (nSPS) is 10.9. The van der Waals surface area contributed by atoms with Gasteiger partial charge in [0.05, 0.1) is 18.3 Å². The molecule has 4 rings (SSSR count). The van der Waals surface area contributed by atoms with Gasteiger partial charge in [-0.05, 0) is 48.5 Å². The van der Waals surface area contributed by atoms with E-state index in [0.717, 1.165) is 44.3 Å². The zero-order valence-electron chi connectivity index (χ0n) is 14.6. The molecule has 0 saturated heterocycles. The first-order valence-electron chi connectivity index (χ1n) is 8.31. The number of rotatable bonds is 4. The molecule has 4 nitrogen and oxygen atoms in total. The van der Waals surface area contributed by atoms with Crippen molar-refractivity contribution in [2.45, 2.75) is 4.90 Å². The third-order valence-electron chi connectivity index (χ3n) is 4.48. The highest BCUT2D eigenvalue weighted by atomic mass is 32.1. The monoisotopic (exact) mass is 361 g/mol. The highest BCUT2D eigenvalue weighted by Crippen LogP contribution is 2.35. The Morgan fingerprint density at radius 3 is 2.58 bits per heavy atom. The minimum Gasteiger partial charge on any atom is -0.496 e. The number of aryl methyl sites for hydroxylation is 1. The van der Waals surface area contributed by atoms with Gasteiger partial charge in [-0.1, -0.05) is 12.1 Å². The van der Waals surface area contributed by atoms with Crippen molar-refractivity contribution in [2.24, 2.45) is 7.05 Å². The van der Waals surface area contributed by atoms with Gasteiger partial charge in [-0.15, -0.1) is 12.6 Å². The summed E-state index contributed by atoms with van der Waals surface area (Å²) in [4.78, 5) is 5.47. The quantitative estimate of drug-likeness (QED) is 0.486. The van der Waals surface area contributed by atoms with E-state index in [1.165, 1.54) is 0 Å². The van der Waals surface area contributed by atoms with Crippen LogP contribution in [-0.2, 0) is 7.05 Å². The molecule has 0 saturated carbocycles. The average Bonchev–Trinajstić information content (AvgIpc) is 3.01. The summed E-state index contributed by atoms with van der Waals surface area (Å²) < 4.78 is 7.70. The predicted molar refractivity (Wildman–Crippen MR) is 110 cm³/mol. The van der Waals surface area contributed by atoms with Crippen LogP contribution in [0.15, 0.2) is 71.8 Å². The summed E-state index contributed by atoms with van der Waals surface area (Å²) in [5.74, 6) is 1.68. The van der Waals surface area contributed by atoms with Crippen LogP contribution in [0.4, 0.5) is 11.5 Å². The lowest BCUT2D eigenvalue weighted by Crippen LogP contribution is -1.95. The second-order valence-electron chi connectivity index (χ2n) is 6.05. The summed E-state index contributed by atoms with van der Waals surface area (Å²) in [7, 11) is 3.75. The van der Waals surface area contributed by atoms with Crippen molar-refractivity contribution in [3.05, 3.63) is 66.9 Å². The van der Waals surface area contributed by atoms with Crippen LogP contribution >= 0.6 is 12.6 Å². The largest absolute Gasteiger partial charge is 0.496 e. The van der Waals surface area contributed by atoms with Crippen LogP contribution in [0.25, 0.3) is 22.2 Å². The van der Waals surface area contributed by atoms with Crippen molar-refractivity contribution in [2.75, 3.05) is 12.4 Å². The molecule has 26 heavy (non-hydrogen) atoms. The van der Waals surface area contributed by atoms with Crippen molar-refractivity contribution in [3.8, 4) is 17.0 Å². The van der Waals surface area contributed by atoms with Crippen LogP contribution in [0, 0.1) is 0 Å². The van der Waals surface area contributed by atoms with Gasteiger partial charge in [0.25, 0.3) is 0 Å². The molecule has 4 aromatic rings. The number of pyridine rings is 1. The van der Waals surface area contributed by atoms with E-state index < -0.39 is 0 Å². The van der Waals surface area contributed by atoms with E-state index in [-0.39, 0.29) is 0 Å². The standard InChI is InChI=1S/C21H19N3OS/c1-24-18-11-12-22-21(23-14-7-9-15(26)10-8-14)17(18)13-19(24)16-5-3-4-6-20(16)25-2/h3-13,26H,1-2H3,(H,22,23). The van der Waals surface area contributed by atoms with E-state index in [9.17, 15) is 0 Å². The van der Waals surface area contributed by atoms with Crippen molar-refractivity contribution in [1.82, 2.24) is 9.55 Å². The van der Waals surface area contributed by atoms with Gasteiger partial charge in [-0.2, -0.15) is 0 Å². The molecule has 0 aliphatic carbocycles. The number of hydrogen-bond acceptors (Lipinski definition) is 4. The smallest absolute Gasteiger partial charge is 0.139 e. The SMILES string of the molecule is COc1ccccc1-c1cc2c(Nc3ccc(S)cc3)nccc2n1C. The zero-order chi connectivity index (χ0) is 18.1. The van der Waals surface area contributed by atoms with Crippen molar-refractivity contribution >= 4 is 35.0 Å². The Bertz CT molecular complexity index is 1070. The summed E-state index contributed by atoms with van der Waals surface area (Å²) in [6.07, 6.45) is 1.82. The lowest BCUT2D eigenvalue weighted by Gasteiger charge is -2.09.